The molecule has 1 amide bonds. The Bertz CT molecular complexity index is 1550. The van der Waals surface area contributed by atoms with E-state index in [1.165, 1.54) is 193 Å². The number of aliphatic hydroxyl groups excluding tert-OH is 11. The van der Waals surface area contributed by atoms with Crippen LogP contribution in [0, 0.1) is 0 Å². The predicted octanol–water partition coefficient (Wildman–Crippen LogP) is 8.72. The fourth-order valence-corrected chi connectivity index (χ4v) is 12.3. The van der Waals surface area contributed by atoms with E-state index in [1.807, 2.05) is 0 Å². The molecule has 17 unspecified atom stereocenters. The monoisotopic (exact) mass is 1220 g/mol. The smallest absolute Gasteiger partial charge is 0.220 e. The minimum absolute atomic E-state index is 0.241. The van der Waals surface area contributed by atoms with Crippen LogP contribution in [0.1, 0.15) is 284 Å². The van der Waals surface area contributed by atoms with Gasteiger partial charge in [0.15, 0.2) is 18.9 Å². The number of hydrogen-bond acceptors (Lipinski definition) is 18. The molecule has 19 nitrogen and oxygen atoms in total. The first-order valence-corrected chi connectivity index (χ1v) is 34.8. The van der Waals surface area contributed by atoms with E-state index in [0.29, 0.717) is 12.8 Å². The third-order valence-electron chi connectivity index (χ3n) is 17.9. The van der Waals surface area contributed by atoms with Gasteiger partial charge in [0, 0.05) is 6.42 Å². The SMILES string of the molecule is CCCCCCCCCCCCCCCCCCCCCCCCCCCCCCCCCCCC(=O)NC(COC1OC(CO)C(OC2OC(CO)C(OC3OC(CO)C(O)C(O)C3O)C(O)C2O)C(O)C1O)C(O)CCCCCCCCC. The first-order chi connectivity index (χ1) is 41.3. The Morgan fingerprint density at radius 3 is 1.02 bits per heavy atom. The van der Waals surface area contributed by atoms with Gasteiger partial charge >= 0.3 is 0 Å². The first kappa shape index (κ1) is 78.0. The molecule has 0 aromatic rings. The second-order valence-corrected chi connectivity index (χ2v) is 25.4. The maximum Gasteiger partial charge on any atom is 0.220 e. The Morgan fingerprint density at radius 2 is 0.671 bits per heavy atom. The molecular weight excluding hydrogens is 1090 g/mol. The lowest BCUT2D eigenvalue weighted by Crippen LogP contribution is -2.66. The van der Waals surface area contributed by atoms with Crippen molar-refractivity contribution in [2.24, 2.45) is 0 Å². The van der Waals surface area contributed by atoms with Gasteiger partial charge in [-0.2, -0.15) is 0 Å². The normalized spacial score (nSPS) is 28.9. The van der Waals surface area contributed by atoms with Crippen molar-refractivity contribution in [3.05, 3.63) is 0 Å². The van der Waals surface area contributed by atoms with Crippen molar-refractivity contribution in [3.8, 4) is 0 Å². The van der Waals surface area contributed by atoms with Gasteiger partial charge in [-0.1, -0.05) is 264 Å². The van der Waals surface area contributed by atoms with Gasteiger partial charge in [-0.15, -0.1) is 0 Å². The van der Waals surface area contributed by atoms with Gasteiger partial charge in [-0.05, 0) is 12.8 Å². The van der Waals surface area contributed by atoms with Crippen molar-refractivity contribution in [1.82, 2.24) is 5.32 Å². The number of nitrogens with one attached hydrogen (secondary N) is 1. The highest BCUT2D eigenvalue weighted by Gasteiger charge is 2.53. The van der Waals surface area contributed by atoms with Crippen LogP contribution in [0.4, 0.5) is 0 Å². The molecule has 504 valence electrons. The molecule has 3 heterocycles. The fraction of sp³-hybridized carbons (Fsp3) is 0.985. The van der Waals surface area contributed by atoms with Gasteiger partial charge in [-0.25, -0.2) is 0 Å². The minimum Gasteiger partial charge on any atom is -0.394 e. The van der Waals surface area contributed by atoms with Crippen molar-refractivity contribution in [2.45, 2.75) is 388 Å². The average Bonchev–Trinajstić information content (AvgIpc) is 3.70. The third-order valence-corrected chi connectivity index (χ3v) is 17.9. The topological polar surface area (TPSA) is 307 Å². The summed E-state index contributed by atoms with van der Waals surface area (Å²) >= 11 is 0. The van der Waals surface area contributed by atoms with Gasteiger partial charge in [0.2, 0.25) is 5.91 Å². The summed E-state index contributed by atoms with van der Waals surface area (Å²) in [7, 11) is 0. The third kappa shape index (κ3) is 32.1. The molecule has 17 atom stereocenters. The van der Waals surface area contributed by atoms with Crippen LogP contribution in [0.2, 0.25) is 0 Å². The largest absolute Gasteiger partial charge is 0.394 e. The Morgan fingerprint density at radius 1 is 0.376 bits per heavy atom. The first-order valence-electron chi connectivity index (χ1n) is 34.8. The van der Waals surface area contributed by atoms with E-state index in [9.17, 15) is 61.0 Å². The molecule has 0 spiro atoms. The molecule has 0 bridgehead atoms. The van der Waals surface area contributed by atoms with Crippen molar-refractivity contribution < 1.29 is 89.4 Å². The maximum absolute atomic E-state index is 13.3. The lowest BCUT2D eigenvalue weighted by atomic mass is 9.96. The molecule has 0 aromatic carbocycles. The van der Waals surface area contributed by atoms with E-state index in [0.717, 1.165) is 57.8 Å². The van der Waals surface area contributed by atoms with Gasteiger partial charge in [0.25, 0.3) is 0 Å². The van der Waals surface area contributed by atoms with Crippen molar-refractivity contribution in [3.63, 3.8) is 0 Å². The van der Waals surface area contributed by atoms with Gasteiger partial charge in [0.1, 0.15) is 73.2 Å². The standard InChI is InChI=1S/C66H127NO18/c1-3-5-7-9-11-12-13-14-15-16-17-18-19-20-21-22-23-24-25-26-27-28-29-30-31-32-33-34-35-36-38-40-42-44-54(72)67-49(50(71)43-41-39-37-10-8-6-4-2)48-80-64-60(78)57(75)62(52(46-69)82-64)85-66-61(79)58(76)63(53(47-70)83-66)84-65-59(77)56(74)55(73)51(45-68)81-65/h49-53,55-66,68-71,73-79H,3-48H2,1-2H3,(H,67,72). The second-order valence-electron chi connectivity index (χ2n) is 25.4. The zero-order valence-electron chi connectivity index (χ0n) is 53.1. The highest BCUT2D eigenvalue weighted by atomic mass is 16.8. The van der Waals surface area contributed by atoms with Crippen LogP contribution in [0.15, 0.2) is 0 Å². The molecule has 0 saturated carbocycles. The number of ether oxygens (including phenoxy) is 6. The van der Waals surface area contributed by atoms with Crippen LogP contribution >= 0.6 is 0 Å². The maximum atomic E-state index is 13.3. The van der Waals surface area contributed by atoms with Gasteiger partial charge in [-0.3, -0.25) is 4.79 Å². The molecule has 12 N–H and O–H groups in total. The number of aliphatic hydroxyl groups is 11. The highest BCUT2D eigenvalue weighted by Crippen LogP contribution is 2.33. The molecule has 19 heteroatoms. The summed E-state index contributed by atoms with van der Waals surface area (Å²) in [5.74, 6) is -0.241. The molecular formula is C66H127NO18. The summed E-state index contributed by atoms with van der Waals surface area (Å²) in [6, 6.07) is -0.879. The molecule has 0 aliphatic carbocycles. The van der Waals surface area contributed by atoms with E-state index >= 15 is 0 Å². The van der Waals surface area contributed by atoms with E-state index in [4.69, 9.17) is 28.4 Å². The van der Waals surface area contributed by atoms with E-state index < -0.39 is 124 Å². The molecule has 3 aliphatic heterocycles. The Labute approximate surface area is 513 Å². The lowest BCUT2D eigenvalue weighted by molar-refractivity contribution is -0.379. The van der Waals surface area contributed by atoms with Crippen molar-refractivity contribution in [1.29, 1.82) is 0 Å². The van der Waals surface area contributed by atoms with Crippen LogP contribution in [0.5, 0.6) is 0 Å². The summed E-state index contributed by atoms with van der Waals surface area (Å²) < 4.78 is 34.3. The van der Waals surface area contributed by atoms with E-state index in [2.05, 4.69) is 19.2 Å². The lowest BCUT2D eigenvalue weighted by Gasteiger charge is -2.48. The molecule has 3 fully saturated rings. The number of carbonyl (C=O) groups excluding carboxylic acids is 1. The van der Waals surface area contributed by atoms with E-state index in [-0.39, 0.29) is 18.9 Å². The van der Waals surface area contributed by atoms with Crippen molar-refractivity contribution >= 4 is 5.91 Å². The van der Waals surface area contributed by atoms with Gasteiger partial charge < -0.3 is 89.9 Å². The molecule has 0 radical (unpaired) electrons. The number of rotatable bonds is 54. The van der Waals surface area contributed by atoms with Crippen molar-refractivity contribution in [2.75, 3.05) is 26.4 Å². The van der Waals surface area contributed by atoms with Crippen LogP contribution in [-0.2, 0) is 33.2 Å². The van der Waals surface area contributed by atoms with Crippen LogP contribution < -0.4 is 5.32 Å². The Kier molecular flexibility index (Phi) is 45.4. The van der Waals surface area contributed by atoms with Crippen LogP contribution in [-0.4, -0.2) is 193 Å². The highest BCUT2D eigenvalue weighted by molar-refractivity contribution is 5.76. The second kappa shape index (κ2) is 49.5. The van der Waals surface area contributed by atoms with Crippen LogP contribution in [0.3, 0.4) is 0 Å². The molecule has 3 aliphatic rings. The summed E-state index contributed by atoms with van der Waals surface area (Å²) in [6.45, 7) is 1.76. The number of unbranched alkanes of at least 4 members (excludes halogenated alkanes) is 38. The molecule has 0 aromatic heterocycles. The number of amides is 1. The van der Waals surface area contributed by atoms with Gasteiger partial charge in [0.05, 0.1) is 38.6 Å². The predicted molar refractivity (Wildman–Crippen MR) is 328 cm³/mol. The summed E-state index contributed by atoms with van der Waals surface area (Å²) in [5.41, 5.74) is 0. The summed E-state index contributed by atoms with van der Waals surface area (Å²) in [4.78, 5) is 13.3. The fourth-order valence-electron chi connectivity index (χ4n) is 12.3. The summed E-state index contributed by atoms with van der Waals surface area (Å²) in [6.07, 6.45) is 25.6. The summed E-state index contributed by atoms with van der Waals surface area (Å²) in [5, 5.41) is 120. The van der Waals surface area contributed by atoms with E-state index in [1.54, 1.807) is 0 Å². The molecule has 85 heavy (non-hydrogen) atoms. The zero-order valence-corrected chi connectivity index (χ0v) is 53.1. The number of hydrogen-bond donors (Lipinski definition) is 12. The molecule has 3 saturated heterocycles. The average molecular weight is 1220 g/mol. The number of carbonyl (C=O) groups is 1. The van der Waals surface area contributed by atoms with Crippen LogP contribution in [0.25, 0.3) is 0 Å². The Balaban J connectivity index is 1.28. The Hall–Kier alpha value is -1.21. The quantitative estimate of drug-likeness (QED) is 0.0253. The zero-order chi connectivity index (χ0) is 61.9. The minimum atomic E-state index is -1.97. The molecule has 3 rings (SSSR count).